The SMILES string of the molecule is CN(C)C(=O)c1cc(F)c(-c2nc(C(=O)Nc3cnn(C)c3)cs2)c(F)c1. The van der Waals surface area contributed by atoms with E-state index in [9.17, 15) is 18.4 Å². The zero-order chi connectivity index (χ0) is 19.7. The van der Waals surface area contributed by atoms with Crippen LogP contribution in [-0.2, 0) is 7.05 Å². The van der Waals surface area contributed by atoms with Crippen LogP contribution in [0.4, 0.5) is 14.5 Å². The van der Waals surface area contributed by atoms with Crippen LogP contribution in [0.5, 0.6) is 0 Å². The molecule has 0 aliphatic carbocycles. The molecule has 0 fully saturated rings. The minimum atomic E-state index is -0.922. The van der Waals surface area contributed by atoms with Gasteiger partial charge in [-0.3, -0.25) is 14.3 Å². The lowest BCUT2D eigenvalue weighted by molar-refractivity contribution is 0.0826. The highest BCUT2D eigenvalue weighted by molar-refractivity contribution is 7.13. The Morgan fingerprint density at radius 1 is 1.22 bits per heavy atom. The van der Waals surface area contributed by atoms with Crippen molar-refractivity contribution in [2.75, 3.05) is 19.4 Å². The quantitative estimate of drug-likeness (QED) is 0.742. The monoisotopic (exact) mass is 391 g/mol. The van der Waals surface area contributed by atoms with Gasteiger partial charge in [-0.15, -0.1) is 11.3 Å². The summed E-state index contributed by atoms with van der Waals surface area (Å²) in [5, 5.41) is 7.93. The van der Waals surface area contributed by atoms with E-state index in [2.05, 4.69) is 15.4 Å². The molecule has 3 rings (SSSR count). The van der Waals surface area contributed by atoms with Crippen LogP contribution in [0.3, 0.4) is 0 Å². The van der Waals surface area contributed by atoms with Gasteiger partial charge in [0.15, 0.2) is 0 Å². The summed E-state index contributed by atoms with van der Waals surface area (Å²) in [6.45, 7) is 0. The van der Waals surface area contributed by atoms with E-state index in [1.165, 1.54) is 35.3 Å². The number of anilines is 1. The molecule has 0 atom stereocenters. The molecule has 1 N–H and O–H groups in total. The fraction of sp³-hybridized carbons (Fsp3) is 0.176. The van der Waals surface area contributed by atoms with Gasteiger partial charge in [-0.05, 0) is 12.1 Å². The summed E-state index contributed by atoms with van der Waals surface area (Å²) in [5.41, 5.74) is 0.00708. The number of benzene rings is 1. The molecule has 10 heteroatoms. The maximum atomic E-state index is 14.4. The normalized spacial score (nSPS) is 10.7. The first-order chi connectivity index (χ1) is 12.8. The second-order valence-electron chi connectivity index (χ2n) is 5.91. The first-order valence-electron chi connectivity index (χ1n) is 7.73. The number of carbonyl (C=O) groups is 2. The van der Waals surface area contributed by atoms with E-state index >= 15 is 0 Å². The van der Waals surface area contributed by atoms with Gasteiger partial charge in [0.1, 0.15) is 22.3 Å². The number of amides is 2. The van der Waals surface area contributed by atoms with E-state index in [0.29, 0.717) is 5.69 Å². The molecule has 2 amide bonds. The van der Waals surface area contributed by atoms with Crippen molar-refractivity contribution in [3.63, 3.8) is 0 Å². The number of hydrogen-bond acceptors (Lipinski definition) is 5. The number of nitrogens with one attached hydrogen (secondary N) is 1. The molecule has 0 saturated carbocycles. The first-order valence-corrected chi connectivity index (χ1v) is 8.61. The summed E-state index contributed by atoms with van der Waals surface area (Å²) < 4.78 is 30.4. The van der Waals surface area contributed by atoms with Crippen LogP contribution in [0.25, 0.3) is 10.6 Å². The van der Waals surface area contributed by atoms with Crippen LogP contribution in [0.2, 0.25) is 0 Å². The molecule has 27 heavy (non-hydrogen) atoms. The molecule has 0 radical (unpaired) electrons. The van der Waals surface area contributed by atoms with Gasteiger partial charge >= 0.3 is 0 Å². The minimum absolute atomic E-state index is 0.00480. The van der Waals surface area contributed by atoms with Crippen LogP contribution in [0, 0.1) is 11.6 Å². The highest BCUT2D eigenvalue weighted by Gasteiger charge is 2.21. The maximum Gasteiger partial charge on any atom is 0.275 e. The number of thiazole rings is 1. The molecule has 2 aromatic heterocycles. The number of halogens is 2. The fourth-order valence-electron chi connectivity index (χ4n) is 2.33. The first kappa shape index (κ1) is 18.6. The Labute approximate surface area is 157 Å². The van der Waals surface area contributed by atoms with Gasteiger partial charge in [0, 0.05) is 38.3 Å². The Morgan fingerprint density at radius 3 is 2.44 bits per heavy atom. The van der Waals surface area contributed by atoms with Crippen molar-refractivity contribution in [2.45, 2.75) is 0 Å². The number of aryl methyl sites for hydroxylation is 1. The van der Waals surface area contributed by atoms with Crippen molar-refractivity contribution in [2.24, 2.45) is 7.05 Å². The Hall–Kier alpha value is -3.14. The molecule has 3 aromatic rings. The molecule has 0 bridgehead atoms. The molecule has 7 nitrogen and oxygen atoms in total. The lowest BCUT2D eigenvalue weighted by Gasteiger charge is -2.11. The van der Waals surface area contributed by atoms with E-state index < -0.39 is 23.4 Å². The largest absolute Gasteiger partial charge is 0.345 e. The third-order valence-corrected chi connectivity index (χ3v) is 4.47. The third-order valence-electron chi connectivity index (χ3n) is 3.61. The topological polar surface area (TPSA) is 80.1 Å². The summed E-state index contributed by atoms with van der Waals surface area (Å²) in [4.78, 5) is 29.3. The van der Waals surface area contributed by atoms with Crippen LogP contribution >= 0.6 is 11.3 Å². The maximum absolute atomic E-state index is 14.4. The molecule has 0 unspecified atom stereocenters. The van der Waals surface area contributed by atoms with Crippen LogP contribution < -0.4 is 5.32 Å². The molecule has 2 heterocycles. The molecule has 140 valence electrons. The molecular formula is C17H15F2N5O2S. The molecular weight excluding hydrogens is 376 g/mol. The average Bonchev–Trinajstić information content (AvgIpc) is 3.22. The summed E-state index contributed by atoms with van der Waals surface area (Å²) in [6, 6.07) is 1.91. The van der Waals surface area contributed by atoms with Crippen molar-refractivity contribution < 1.29 is 18.4 Å². The smallest absolute Gasteiger partial charge is 0.275 e. The van der Waals surface area contributed by atoms with E-state index in [1.54, 1.807) is 13.2 Å². The number of aromatic nitrogens is 3. The zero-order valence-electron chi connectivity index (χ0n) is 14.7. The van der Waals surface area contributed by atoms with E-state index in [0.717, 1.165) is 23.5 Å². The summed E-state index contributed by atoms with van der Waals surface area (Å²) in [5.74, 6) is -2.89. The van der Waals surface area contributed by atoms with E-state index in [4.69, 9.17) is 0 Å². The van der Waals surface area contributed by atoms with Crippen LogP contribution in [0.15, 0.2) is 29.9 Å². The minimum Gasteiger partial charge on any atom is -0.345 e. The highest BCUT2D eigenvalue weighted by Crippen LogP contribution is 2.30. The van der Waals surface area contributed by atoms with Crippen molar-refractivity contribution in [3.05, 3.63) is 52.8 Å². The van der Waals surface area contributed by atoms with Crippen LogP contribution in [-0.4, -0.2) is 45.6 Å². The Morgan fingerprint density at radius 2 is 1.89 bits per heavy atom. The second-order valence-corrected chi connectivity index (χ2v) is 6.77. The number of carbonyl (C=O) groups excluding carboxylic acids is 2. The predicted molar refractivity (Wildman–Crippen MR) is 96.6 cm³/mol. The summed E-state index contributed by atoms with van der Waals surface area (Å²) in [6.07, 6.45) is 3.07. The van der Waals surface area contributed by atoms with Crippen molar-refractivity contribution >= 4 is 28.8 Å². The second kappa shape index (κ2) is 7.23. The lowest BCUT2D eigenvalue weighted by Crippen LogP contribution is -2.22. The summed E-state index contributed by atoms with van der Waals surface area (Å²) in [7, 11) is 4.67. The van der Waals surface area contributed by atoms with Gasteiger partial charge in [0.25, 0.3) is 11.8 Å². The van der Waals surface area contributed by atoms with Gasteiger partial charge in [-0.25, -0.2) is 13.8 Å². The van der Waals surface area contributed by atoms with Gasteiger partial charge in [-0.2, -0.15) is 5.10 Å². The average molecular weight is 391 g/mol. The van der Waals surface area contributed by atoms with Crippen LogP contribution in [0.1, 0.15) is 20.8 Å². The van der Waals surface area contributed by atoms with Crippen molar-refractivity contribution in [3.8, 4) is 10.6 Å². The number of hydrogen-bond donors (Lipinski definition) is 1. The molecule has 0 aliphatic rings. The Kier molecular flexibility index (Phi) is 5.00. The van der Waals surface area contributed by atoms with Gasteiger partial charge in [0.2, 0.25) is 0 Å². The van der Waals surface area contributed by atoms with Crippen molar-refractivity contribution in [1.29, 1.82) is 0 Å². The van der Waals surface area contributed by atoms with Gasteiger partial charge < -0.3 is 10.2 Å². The predicted octanol–water partition coefficient (Wildman–Crippen LogP) is 2.78. The molecule has 1 aromatic carbocycles. The fourth-order valence-corrected chi connectivity index (χ4v) is 3.18. The molecule has 0 spiro atoms. The van der Waals surface area contributed by atoms with Crippen molar-refractivity contribution in [1.82, 2.24) is 19.7 Å². The highest BCUT2D eigenvalue weighted by atomic mass is 32.1. The molecule has 0 aliphatic heterocycles. The Balaban J connectivity index is 1.87. The standard InChI is InChI=1S/C17H15F2N5O2S/c1-23(2)17(26)9-4-11(18)14(12(19)5-9)16-22-13(8-27-16)15(25)21-10-6-20-24(3)7-10/h4-8H,1-3H3,(H,21,25). The number of rotatable bonds is 4. The van der Waals surface area contributed by atoms with Gasteiger partial charge in [-0.1, -0.05) is 0 Å². The zero-order valence-corrected chi connectivity index (χ0v) is 15.5. The van der Waals surface area contributed by atoms with E-state index in [-0.39, 0.29) is 21.8 Å². The molecule has 0 saturated heterocycles. The summed E-state index contributed by atoms with van der Waals surface area (Å²) >= 11 is 0.928. The third kappa shape index (κ3) is 3.85. The Bertz CT molecular complexity index is 1010. The van der Waals surface area contributed by atoms with Gasteiger partial charge in [0.05, 0.1) is 17.4 Å². The lowest BCUT2D eigenvalue weighted by atomic mass is 10.1. The van der Waals surface area contributed by atoms with E-state index in [1.807, 2.05) is 0 Å². The number of nitrogens with zero attached hydrogens (tertiary/aromatic N) is 4.